The second-order valence-corrected chi connectivity index (χ2v) is 8.05. The molecule has 2 aromatic rings. The fourth-order valence-corrected chi connectivity index (χ4v) is 3.14. The van der Waals surface area contributed by atoms with Gasteiger partial charge in [0.2, 0.25) is 0 Å². The average Bonchev–Trinajstić information content (AvgIpc) is 2.77. The molecule has 1 atom stereocenters. The molecule has 0 fully saturated rings. The van der Waals surface area contributed by atoms with Crippen LogP contribution in [-0.4, -0.2) is 18.2 Å². The molecule has 0 aliphatic heterocycles. The van der Waals surface area contributed by atoms with Gasteiger partial charge in [0.05, 0.1) is 25.1 Å². The van der Waals surface area contributed by atoms with E-state index >= 15 is 0 Å². The van der Waals surface area contributed by atoms with Crippen LogP contribution in [0.2, 0.25) is 0 Å². The van der Waals surface area contributed by atoms with Gasteiger partial charge in [-0.25, -0.2) is 0 Å². The van der Waals surface area contributed by atoms with E-state index in [-0.39, 0.29) is 0 Å². The van der Waals surface area contributed by atoms with Crippen LogP contribution in [0.3, 0.4) is 0 Å². The van der Waals surface area contributed by atoms with Gasteiger partial charge in [0, 0.05) is 5.56 Å². The Morgan fingerprint density at radius 1 is 0.759 bits per heavy atom. The number of aromatic nitrogens is 1. The summed E-state index contributed by atoms with van der Waals surface area (Å²) in [6.45, 7) is 8.18. The van der Waals surface area contributed by atoms with Gasteiger partial charge in [-0.05, 0) is 48.7 Å². The summed E-state index contributed by atoms with van der Waals surface area (Å²) in [7, 11) is 0. The molecule has 0 radical (unpaired) electrons. The standard InChI is InChI=1S/C26H39NO2/c1-4-6-7-8-9-10-11-12-19-28-24-15-13-23(14-16-24)26-18-17-25(20-27-26)29-21-22(3)5-2/h13-18,20,22H,4-12,19,21H2,1-3H3. The minimum Gasteiger partial charge on any atom is -0.494 e. The molecule has 3 nitrogen and oxygen atoms in total. The third kappa shape index (κ3) is 9.34. The summed E-state index contributed by atoms with van der Waals surface area (Å²) in [6.07, 6.45) is 13.5. The van der Waals surface area contributed by atoms with Crippen molar-refractivity contribution in [1.29, 1.82) is 0 Å². The molecule has 0 aliphatic rings. The van der Waals surface area contributed by atoms with Gasteiger partial charge in [-0.1, -0.05) is 72.1 Å². The van der Waals surface area contributed by atoms with Crippen LogP contribution in [0.15, 0.2) is 42.6 Å². The fourth-order valence-electron chi connectivity index (χ4n) is 3.14. The zero-order valence-corrected chi connectivity index (χ0v) is 18.7. The molecule has 0 saturated carbocycles. The number of hydrogen-bond donors (Lipinski definition) is 0. The second-order valence-electron chi connectivity index (χ2n) is 8.05. The highest BCUT2D eigenvalue weighted by atomic mass is 16.5. The van der Waals surface area contributed by atoms with Crippen molar-refractivity contribution in [3.8, 4) is 22.8 Å². The largest absolute Gasteiger partial charge is 0.494 e. The molecule has 29 heavy (non-hydrogen) atoms. The molecule has 0 saturated heterocycles. The molecule has 2 rings (SSSR count). The summed E-state index contributed by atoms with van der Waals surface area (Å²) < 4.78 is 11.7. The van der Waals surface area contributed by atoms with Gasteiger partial charge in [-0.15, -0.1) is 0 Å². The predicted molar refractivity (Wildman–Crippen MR) is 123 cm³/mol. The second kappa shape index (κ2) is 14.0. The molecular formula is C26H39NO2. The van der Waals surface area contributed by atoms with Crippen LogP contribution in [0.25, 0.3) is 11.3 Å². The minimum absolute atomic E-state index is 0.563. The first-order valence-corrected chi connectivity index (χ1v) is 11.5. The molecule has 160 valence electrons. The Balaban J connectivity index is 1.67. The molecule has 3 heteroatoms. The van der Waals surface area contributed by atoms with Crippen molar-refractivity contribution in [2.24, 2.45) is 5.92 Å². The Morgan fingerprint density at radius 3 is 2.03 bits per heavy atom. The van der Waals surface area contributed by atoms with E-state index in [9.17, 15) is 0 Å². The highest BCUT2D eigenvalue weighted by Gasteiger charge is 2.04. The lowest BCUT2D eigenvalue weighted by molar-refractivity contribution is 0.256. The van der Waals surface area contributed by atoms with E-state index in [1.165, 1.54) is 44.9 Å². The van der Waals surface area contributed by atoms with Crippen LogP contribution in [0.1, 0.15) is 78.6 Å². The summed E-state index contributed by atoms with van der Waals surface area (Å²) in [5.74, 6) is 2.33. The molecule has 0 bridgehead atoms. The summed E-state index contributed by atoms with van der Waals surface area (Å²) >= 11 is 0. The van der Waals surface area contributed by atoms with Crippen LogP contribution < -0.4 is 9.47 Å². The van der Waals surface area contributed by atoms with E-state index in [2.05, 4.69) is 37.9 Å². The monoisotopic (exact) mass is 397 g/mol. The first-order chi connectivity index (χ1) is 14.2. The smallest absolute Gasteiger partial charge is 0.137 e. The average molecular weight is 398 g/mol. The van der Waals surface area contributed by atoms with Gasteiger partial charge in [-0.2, -0.15) is 0 Å². The quantitative estimate of drug-likeness (QED) is 0.289. The maximum Gasteiger partial charge on any atom is 0.137 e. The van der Waals surface area contributed by atoms with Crippen molar-refractivity contribution in [3.63, 3.8) is 0 Å². The summed E-state index contributed by atoms with van der Waals surface area (Å²) in [5.41, 5.74) is 2.05. The maximum absolute atomic E-state index is 5.89. The lowest BCUT2D eigenvalue weighted by Crippen LogP contribution is -2.07. The molecule has 0 N–H and O–H groups in total. The highest BCUT2D eigenvalue weighted by Crippen LogP contribution is 2.23. The third-order valence-electron chi connectivity index (χ3n) is 5.38. The van der Waals surface area contributed by atoms with Crippen molar-refractivity contribution in [3.05, 3.63) is 42.6 Å². The molecule has 1 heterocycles. The van der Waals surface area contributed by atoms with Gasteiger partial charge >= 0.3 is 0 Å². The topological polar surface area (TPSA) is 31.4 Å². The number of rotatable bonds is 15. The Morgan fingerprint density at radius 2 is 1.41 bits per heavy atom. The molecule has 1 aromatic carbocycles. The first-order valence-electron chi connectivity index (χ1n) is 11.5. The number of nitrogens with zero attached hydrogens (tertiary/aromatic N) is 1. The molecule has 1 unspecified atom stereocenters. The third-order valence-corrected chi connectivity index (χ3v) is 5.38. The number of pyridine rings is 1. The lowest BCUT2D eigenvalue weighted by Gasteiger charge is -2.11. The SMILES string of the molecule is CCCCCCCCCCOc1ccc(-c2ccc(OCC(C)CC)cn2)cc1. The number of hydrogen-bond acceptors (Lipinski definition) is 3. The van der Waals surface area contributed by atoms with E-state index in [1.807, 2.05) is 30.5 Å². The lowest BCUT2D eigenvalue weighted by atomic mass is 10.1. The van der Waals surface area contributed by atoms with E-state index in [1.54, 1.807) is 0 Å². The summed E-state index contributed by atoms with van der Waals surface area (Å²) in [6, 6.07) is 12.2. The van der Waals surface area contributed by atoms with E-state index in [0.717, 1.165) is 48.8 Å². The van der Waals surface area contributed by atoms with E-state index in [0.29, 0.717) is 5.92 Å². The zero-order chi connectivity index (χ0) is 20.7. The van der Waals surface area contributed by atoms with Gasteiger partial charge in [0.15, 0.2) is 0 Å². The van der Waals surface area contributed by atoms with Crippen LogP contribution in [0.5, 0.6) is 11.5 Å². The molecule has 0 aliphatic carbocycles. The van der Waals surface area contributed by atoms with Crippen molar-refractivity contribution in [2.75, 3.05) is 13.2 Å². The Kier molecular flexibility index (Phi) is 11.3. The first kappa shape index (κ1) is 23.3. The Hall–Kier alpha value is -2.03. The van der Waals surface area contributed by atoms with Gasteiger partial charge in [0.25, 0.3) is 0 Å². The summed E-state index contributed by atoms with van der Waals surface area (Å²) in [4.78, 5) is 4.54. The van der Waals surface area contributed by atoms with Crippen molar-refractivity contribution in [1.82, 2.24) is 4.98 Å². The van der Waals surface area contributed by atoms with Crippen LogP contribution in [0.4, 0.5) is 0 Å². The number of unbranched alkanes of at least 4 members (excludes halogenated alkanes) is 7. The maximum atomic E-state index is 5.89. The summed E-state index contributed by atoms with van der Waals surface area (Å²) in [5, 5.41) is 0. The van der Waals surface area contributed by atoms with Gasteiger partial charge < -0.3 is 9.47 Å². The highest BCUT2D eigenvalue weighted by molar-refractivity contribution is 5.60. The molecule has 0 amide bonds. The molecule has 0 spiro atoms. The van der Waals surface area contributed by atoms with Crippen LogP contribution in [-0.2, 0) is 0 Å². The number of ether oxygens (including phenoxy) is 2. The van der Waals surface area contributed by atoms with Gasteiger partial charge in [-0.3, -0.25) is 4.98 Å². The minimum atomic E-state index is 0.563. The van der Waals surface area contributed by atoms with Crippen molar-refractivity contribution < 1.29 is 9.47 Å². The zero-order valence-electron chi connectivity index (χ0n) is 18.7. The fraction of sp³-hybridized carbons (Fsp3) is 0.577. The van der Waals surface area contributed by atoms with Crippen molar-refractivity contribution in [2.45, 2.75) is 78.6 Å². The van der Waals surface area contributed by atoms with Gasteiger partial charge in [0.1, 0.15) is 11.5 Å². The van der Waals surface area contributed by atoms with E-state index < -0.39 is 0 Å². The van der Waals surface area contributed by atoms with Crippen LogP contribution >= 0.6 is 0 Å². The van der Waals surface area contributed by atoms with Crippen LogP contribution in [0, 0.1) is 5.92 Å². The van der Waals surface area contributed by atoms with Crippen molar-refractivity contribution >= 4 is 0 Å². The normalized spacial score (nSPS) is 12.0. The molecular weight excluding hydrogens is 358 g/mol. The number of benzene rings is 1. The Bertz CT molecular complexity index is 651. The molecule has 1 aromatic heterocycles. The van der Waals surface area contributed by atoms with E-state index in [4.69, 9.17) is 9.47 Å². The Labute approximate surface area is 177 Å². The predicted octanol–water partition coefficient (Wildman–Crippen LogP) is 7.69.